The maximum atomic E-state index is 12.8. The Bertz CT molecular complexity index is 1610. The Labute approximate surface area is 216 Å². The normalized spacial score (nSPS) is 11.6. The number of carbonyl (C=O) groups excluding carboxylic acids is 1. The van der Waals surface area contributed by atoms with E-state index >= 15 is 0 Å². The lowest BCUT2D eigenvalue weighted by molar-refractivity contribution is -0.137. The van der Waals surface area contributed by atoms with Gasteiger partial charge in [-0.25, -0.2) is 19.4 Å². The number of nitrogens with zero attached hydrogens (tertiary/aromatic N) is 4. The van der Waals surface area contributed by atoms with Crippen molar-refractivity contribution in [3.8, 4) is 17.1 Å². The van der Waals surface area contributed by atoms with E-state index in [1.165, 1.54) is 23.1 Å². The Balaban J connectivity index is 1.31. The quantitative estimate of drug-likeness (QED) is 0.257. The number of hydrogen-bond acceptors (Lipinski definition) is 4. The Hall–Kier alpha value is -4.73. The standard InChI is InChI=1S/C28H23F3N6O/c1-17(2)22-5-3-4-6-24(22)34-27(38)35-25-14-8-18-15-19(7-13-23(18)33-25)26-32-16-37(36-26)21-11-9-20(10-12-21)28(29,30)31/h3-17H,1-2H3,(H2,33,34,35,38). The van der Waals surface area contributed by atoms with Crippen LogP contribution >= 0.6 is 0 Å². The Kier molecular flexibility index (Phi) is 6.54. The molecule has 5 rings (SSSR count). The number of halogens is 3. The van der Waals surface area contributed by atoms with Crippen molar-refractivity contribution in [2.45, 2.75) is 25.9 Å². The summed E-state index contributed by atoms with van der Waals surface area (Å²) in [6.07, 6.45) is -2.95. The summed E-state index contributed by atoms with van der Waals surface area (Å²) in [5.74, 6) is 1.07. The van der Waals surface area contributed by atoms with E-state index in [-0.39, 0.29) is 11.9 Å². The summed E-state index contributed by atoms with van der Waals surface area (Å²) < 4.78 is 39.9. The van der Waals surface area contributed by atoms with Gasteiger partial charge in [0.25, 0.3) is 0 Å². The van der Waals surface area contributed by atoms with Gasteiger partial charge in [-0.1, -0.05) is 32.0 Å². The van der Waals surface area contributed by atoms with Gasteiger partial charge < -0.3 is 5.32 Å². The van der Waals surface area contributed by atoms with Gasteiger partial charge in [-0.3, -0.25) is 5.32 Å². The molecular weight excluding hydrogens is 493 g/mol. The first-order chi connectivity index (χ1) is 18.2. The summed E-state index contributed by atoms with van der Waals surface area (Å²) in [6.45, 7) is 4.12. The molecule has 0 aliphatic rings. The van der Waals surface area contributed by atoms with Gasteiger partial charge in [0.05, 0.1) is 16.8 Å². The Morgan fingerprint density at radius 3 is 2.42 bits per heavy atom. The van der Waals surface area contributed by atoms with Crippen LogP contribution in [0.3, 0.4) is 0 Å². The number of benzene rings is 3. The van der Waals surface area contributed by atoms with Crippen LogP contribution in [0.4, 0.5) is 29.5 Å². The van der Waals surface area contributed by atoms with Gasteiger partial charge in [-0.2, -0.15) is 13.2 Å². The summed E-state index contributed by atoms with van der Waals surface area (Å²) in [4.78, 5) is 21.4. The third kappa shape index (κ3) is 5.34. The summed E-state index contributed by atoms with van der Waals surface area (Å²) in [5, 5.41) is 10.9. The van der Waals surface area contributed by atoms with Crippen molar-refractivity contribution in [1.29, 1.82) is 0 Å². The van der Waals surface area contributed by atoms with E-state index in [1.807, 2.05) is 36.4 Å². The number of urea groups is 1. The fraction of sp³-hybridized carbons (Fsp3) is 0.143. The minimum Gasteiger partial charge on any atom is -0.307 e. The topological polar surface area (TPSA) is 84.7 Å². The van der Waals surface area contributed by atoms with E-state index in [9.17, 15) is 18.0 Å². The third-order valence-corrected chi connectivity index (χ3v) is 5.97. The van der Waals surface area contributed by atoms with Crippen molar-refractivity contribution < 1.29 is 18.0 Å². The third-order valence-electron chi connectivity index (χ3n) is 5.97. The molecule has 0 fully saturated rings. The van der Waals surface area contributed by atoms with E-state index in [0.717, 1.165) is 28.8 Å². The van der Waals surface area contributed by atoms with Crippen LogP contribution in [-0.2, 0) is 6.18 Å². The molecule has 0 saturated heterocycles. The second-order valence-corrected chi connectivity index (χ2v) is 8.98. The summed E-state index contributed by atoms with van der Waals surface area (Å²) in [7, 11) is 0. The van der Waals surface area contributed by atoms with Gasteiger partial charge in [-0.05, 0) is 72.1 Å². The van der Waals surface area contributed by atoms with Gasteiger partial charge in [0.2, 0.25) is 0 Å². The molecule has 7 nitrogen and oxygen atoms in total. The summed E-state index contributed by atoms with van der Waals surface area (Å²) >= 11 is 0. The van der Waals surface area contributed by atoms with Crippen LogP contribution in [0.2, 0.25) is 0 Å². The minimum absolute atomic E-state index is 0.260. The maximum Gasteiger partial charge on any atom is 0.416 e. The lowest BCUT2D eigenvalue weighted by atomic mass is 10.0. The molecule has 192 valence electrons. The highest BCUT2D eigenvalue weighted by molar-refractivity contribution is 6.00. The number of anilines is 2. The summed E-state index contributed by atoms with van der Waals surface area (Å²) in [5.41, 5.74) is 2.90. The molecule has 0 atom stereocenters. The van der Waals surface area contributed by atoms with Crippen LogP contribution in [0.5, 0.6) is 0 Å². The number of aromatic nitrogens is 4. The average molecular weight is 517 g/mol. The fourth-order valence-electron chi connectivity index (χ4n) is 4.04. The molecule has 0 bridgehead atoms. The number of para-hydroxylation sites is 1. The molecule has 10 heteroatoms. The smallest absolute Gasteiger partial charge is 0.307 e. The Morgan fingerprint density at radius 2 is 1.68 bits per heavy atom. The van der Waals surface area contributed by atoms with Crippen LogP contribution in [0.15, 0.2) is 85.2 Å². The molecule has 0 radical (unpaired) electrons. The molecule has 2 heterocycles. The lowest BCUT2D eigenvalue weighted by Crippen LogP contribution is -2.21. The van der Waals surface area contributed by atoms with Crippen molar-refractivity contribution in [2.24, 2.45) is 0 Å². The fourth-order valence-corrected chi connectivity index (χ4v) is 4.04. The molecule has 0 aliphatic heterocycles. The lowest BCUT2D eigenvalue weighted by Gasteiger charge is -2.14. The number of nitrogens with one attached hydrogen (secondary N) is 2. The second kappa shape index (κ2) is 9.97. The monoisotopic (exact) mass is 516 g/mol. The predicted molar refractivity (Wildman–Crippen MR) is 140 cm³/mol. The highest BCUT2D eigenvalue weighted by Crippen LogP contribution is 2.30. The number of alkyl halides is 3. The molecule has 3 aromatic carbocycles. The van der Waals surface area contributed by atoms with Crippen LogP contribution in [0.1, 0.15) is 30.9 Å². The molecule has 0 aliphatic carbocycles. The van der Waals surface area contributed by atoms with E-state index in [0.29, 0.717) is 28.4 Å². The highest BCUT2D eigenvalue weighted by atomic mass is 19.4. The van der Waals surface area contributed by atoms with Gasteiger partial charge in [0, 0.05) is 16.6 Å². The first-order valence-electron chi connectivity index (χ1n) is 11.8. The minimum atomic E-state index is -4.40. The molecule has 2 aromatic heterocycles. The van der Waals surface area contributed by atoms with Crippen LogP contribution in [0.25, 0.3) is 28.0 Å². The molecule has 5 aromatic rings. The molecule has 0 saturated carbocycles. The molecule has 2 N–H and O–H groups in total. The first-order valence-corrected chi connectivity index (χ1v) is 11.8. The van der Waals surface area contributed by atoms with Crippen LogP contribution < -0.4 is 10.6 Å². The zero-order valence-corrected chi connectivity index (χ0v) is 20.5. The molecular formula is C28H23F3N6O. The van der Waals surface area contributed by atoms with Gasteiger partial charge in [0.1, 0.15) is 12.1 Å². The van der Waals surface area contributed by atoms with Crippen molar-refractivity contribution in [2.75, 3.05) is 10.6 Å². The second-order valence-electron chi connectivity index (χ2n) is 8.98. The van der Waals surface area contributed by atoms with Crippen LogP contribution in [-0.4, -0.2) is 25.8 Å². The number of hydrogen-bond donors (Lipinski definition) is 2. The first kappa shape index (κ1) is 24.9. The number of fused-ring (bicyclic) bond motifs is 1. The van der Waals surface area contributed by atoms with Gasteiger partial charge in [0.15, 0.2) is 5.82 Å². The largest absolute Gasteiger partial charge is 0.416 e. The van der Waals surface area contributed by atoms with Crippen molar-refractivity contribution in [3.63, 3.8) is 0 Å². The Morgan fingerprint density at radius 1 is 0.921 bits per heavy atom. The van der Waals surface area contributed by atoms with Gasteiger partial charge in [-0.15, -0.1) is 5.10 Å². The molecule has 38 heavy (non-hydrogen) atoms. The molecule has 0 unspecified atom stereocenters. The number of amides is 2. The van der Waals surface area contributed by atoms with Crippen molar-refractivity contribution in [3.05, 3.63) is 96.3 Å². The summed E-state index contributed by atoms with van der Waals surface area (Å²) in [6, 6.07) is 20.9. The number of rotatable bonds is 5. The zero-order chi connectivity index (χ0) is 26.9. The number of pyridine rings is 1. The molecule has 0 spiro atoms. The van der Waals surface area contributed by atoms with E-state index < -0.39 is 11.7 Å². The maximum absolute atomic E-state index is 12.8. The number of carbonyl (C=O) groups is 1. The average Bonchev–Trinajstić information content (AvgIpc) is 3.38. The van der Waals surface area contributed by atoms with Gasteiger partial charge >= 0.3 is 12.2 Å². The van der Waals surface area contributed by atoms with E-state index in [1.54, 1.807) is 18.2 Å². The van der Waals surface area contributed by atoms with E-state index in [2.05, 4.69) is 39.5 Å². The zero-order valence-electron chi connectivity index (χ0n) is 20.5. The van der Waals surface area contributed by atoms with Crippen LogP contribution in [0, 0.1) is 0 Å². The molecule has 2 amide bonds. The van der Waals surface area contributed by atoms with Crippen molar-refractivity contribution >= 4 is 28.4 Å². The SMILES string of the molecule is CC(C)c1ccccc1NC(=O)Nc1ccc2cc(-c3ncn(-c4ccc(C(F)(F)F)cc4)n3)ccc2n1. The van der Waals surface area contributed by atoms with Crippen molar-refractivity contribution in [1.82, 2.24) is 19.7 Å². The highest BCUT2D eigenvalue weighted by Gasteiger charge is 2.30. The van der Waals surface area contributed by atoms with E-state index in [4.69, 9.17) is 0 Å². The predicted octanol–water partition coefficient (Wildman–Crippen LogP) is 7.27.